The molecule has 3 aromatic rings. The first-order valence-electron chi connectivity index (χ1n) is 10.7. The molecule has 0 bridgehead atoms. The molecule has 0 fully saturated rings. The summed E-state index contributed by atoms with van der Waals surface area (Å²) < 4.78 is 0. The Hall–Kier alpha value is -2.65. The lowest BCUT2D eigenvalue weighted by molar-refractivity contribution is 0.0978. The number of hydrogen-bond acceptors (Lipinski definition) is 3. The lowest BCUT2D eigenvalue weighted by Gasteiger charge is -2.06. The molecule has 2 nitrogen and oxygen atoms in total. The highest BCUT2D eigenvalue weighted by Crippen LogP contribution is 2.28. The van der Waals surface area contributed by atoms with E-state index in [1.54, 1.807) is 11.8 Å². The molecule has 0 aliphatic rings. The molecular formula is C27H28O2S. The third-order valence-corrected chi connectivity index (χ3v) is 6.09. The van der Waals surface area contributed by atoms with Gasteiger partial charge >= 0.3 is 0 Å². The Morgan fingerprint density at radius 3 is 1.77 bits per heavy atom. The van der Waals surface area contributed by atoms with Crippen molar-refractivity contribution in [2.75, 3.05) is 0 Å². The number of unbranched alkanes of at least 4 members (excludes halogenated alkanes) is 4. The molecule has 3 rings (SSSR count). The average molecular weight is 417 g/mol. The maximum absolute atomic E-state index is 12.5. The highest BCUT2D eigenvalue weighted by atomic mass is 32.2. The maximum Gasteiger partial charge on any atom is 0.193 e. The third kappa shape index (κ3) is 6.43. The highest BCUT2D eigenvalue weighted by molar-refractivity contribution is 7.99. The van der Waals surface area contributed by atoms with Crippen molar-refractivity contribution in [2.24, 2.45) is 0 Å². The monoisotopic (exact) mass is 416 g/mol. The summed E-state index contributed by atoms with van der Waals surface area (Å²) in [5, 5.41) is 0. The number of Topliss-reactive ketones (excluding diaryl/α,β-unsaturated/α-hetero) is 1. The molecule has 154 valence electrons. The van der Waals surface area contributed by atoms with E-state index in [4.69, 9.17) is 0 Å². The van der Waals surface area contributed by atoms with Crippen molar-refractivity contribution >= 4 is 23.3 Å². The standard InChI is InChI=1S/C27H28O2S/c1-2-3-4-5-9-12-26(28)21-13-17-24(18-14-21)30-25-19-15-23(16-20-25)27(29)22-10-7-6-8-11-22/h6-8,10-11,13-20H,2-5,9,12H2,1H3. The van der Waals surface area contributed by atoms with Crippen molar-refractivity contribution in [3.05, 3.63) is 95.6 Å². The molecular weight excluding hydrogens is 388 g/mol. The van der Waals surface area contributed by atoms with Gasteiger partial charge in [0.05, 0.1) is 0 Å². The first kappa shape index (κ1) is 22.0. The Labute approximate surface area is 183 Å². The number of hydrogen-bond donors (Lipinski definition) is 0. The first-order chi connectivity index (χ1) is 14.7. The fourth-order valence-electron chi connectivity index (χ4n) is 3.31. The topological polar surface area (TPSA) is 34.1 Å². The molecule has 0 radical (unpaired) electrons. The molecule has 3 heteroatoms. The molecule has 30 heavy (non-hydrogen) atoms. The van der Waals surface area contributed by atoms with Gasteiger partial charge in [0.25, 0.3) is 0 Å². The minimum atomic E-state index is 0.0321. The van der Waals surface area contributed by atoms with Crippen LogP contribution in [0.3, 0.4) is 0 Å². The predicted molar refractivity (Wildman–Crippen MR) is 125 cm³/mol. The zero-order chi connectivity index (χ0) is 21.2. The molecule has 0 atom stereocenters. The zero-order valence-electron chi connectivity index (χ0n) is 17.5. The number of carbonyl (C=O) groups excluding carboxylic acids is 2. The van der Waals surface area contributed by atoms with Crippen LogP contribution < -0.4 is 0 Å². The van der Waals surface area contributed by atoms with E-state index in [0.717, 1.165) is 28.2 Å². The van der Waals surface area contributed by atoms with Crippen LogP contribution in [0.2, 0.25) is 0 Å². The molecule has 0 unspecified atom stereocenters. The summed E-state index contributed by atoms with van der Waals surface area (Å²) in [7, 11) is 0. The zero-order valence-corrected chi connectivity index (χ0v) is 18.3. The predicted octanol–water partition coefficient (Wildman–Crippen LogP) is 7.61. The van der Waals surface area contributed by atoms with Crippen LogP contribution in [0.5, 0.6) is 0 Å². The van der Waals surface area contributed by atoms with Crippen molar-refractivity contribution in [3.63, 3.8) is 0 Å². The van der Waals surface area contributed by atoms with Gasteiger partial charge in [-0.15, -0.1) is 0 Å². The maximum atomic E-state index is 12.5. The van der Waals surface area contributed by atoms with E-state index in [1.807, 2.05) is 78.9 Å². The highest BCUT2D eigenvalue weighted by Gasteiger charge is 2.09. The summed E-state index contributed by atoms with van der Waals surface area (Å²) in [6, 6.07) is 24.8. The van der Waals surface area contributed by atoms with E-state index in [9.17, 15) is 9.59 Å². The second-order valence-electron chi connectivity index (χ2n) is 7.43. The van der Waals surface area contributed by atoms with Crippen molar-refractivity contribution < 1.29 is 9.59 Å². The van der Waals surface area contributed by atoms with Crippen LogP contribution in [0, 0.1) is 0 Å². The van der Waals surface area contributed by atoms with E-state index in [1.165, 1.54) is 19.3 Å². The number of benzene rings is 3. The Bertz CT molecular complexity index is 944. The third-order valence-electron chi connectivity index (χ3n) is 5.07. The summed E-state index contributed by atoms with van der Waals surface area (Å²) in [4.78, 5) is 27.0. The molecule has 0 N–H and O–H groups in total. The van der Waals surface area contributed by atoms with Crippen LogP contribution in [-0.2, 0) is 0 Å². The van der Waals surface area contributed by atoms with Gasteiger partial charge in [0.2, 0.25) is 0 Å². The molecule has 0 amide bonds. The molecule has 0 saturated carbocycles. The Morgan fingerprint density at radius 1 is 0.633 bits per heavy atom. The smallest absolute Gasteiger partial charge is 0.193 e. The van der Waals surface area contributed by atoms with Gasteiger partial charge in [0.15, 0.2) is 11.6 Å². The van der Waals surface area contributed by atoms with Crippen LogP contribution in [0.4, 0.5) is 0 Å². The molecule has 0 aliphatic carbocycles. The minimum absolute atomic E-state index is 0.0321. The van der Waals surface area contributed by atoms with Crippen LogP contribution in [-0.4, -0.2) is 11.6 Å². The van der Waals surface area contributed by atoms with Gasteiger partial charge < -0.3 is 0 Å². The summed E-state index contributed by atoms with van der Waals surface area (Å²) in [5.74, 6) is 0.261. The van der Waals surface area contributed by atoms with Crippen LogP contribution in [0.25, 0.3) is 0 Å². The lowest BCUT2D eigenvalue weighted by Crippen LogP contribution is -2.00. The second-order valence-corrected chi connectivity index (χ2v) is 8.58. The normalized spacial score (nSPS) is 10.7. The fraction of sp³-hybridized carbons (Fsp3) is 0.259. The Balaban J connectivity index is 1.54. The largest absolute Gasteiger partial charge is 0.294 e. The SMILES string of the molecule is CCCCCCCC(=O)c1ccc(Sc2ccc(C(=O)c3ccccc3)cc2)cc1. The summed E-state index contributed by atoms with van der Waals surface area (Å²) >= 11 is 1.63. The van der Waals surface area contributed by atoms with Gasteiger partial charge in [-0.3, -0.25) is 9.59 Å². The molecule has 0 saturated heterocycles. The van der Waals surface area contributed by atoms with E-state index < -0.39 is 0 Å². The van der Waals surface area contributed by atoms with Gasteiger partial charge in [0, 0.05) is 32.9 Å². The molecule has 0 aliphatic heterocycles. The van der Waals surface area contributed by atoms with E-state index in [2.05, 4.69) is 6.92 Å². The Morgan fingerprint density at radius 2 is 1.17 bits per heavy atom. The van der Waals surface area contributed by atoms with Crippen LogP contribution in [0.1, 0.15) is 71.7 Å². The Kier molecular flexibility index (Phi) is 8.46. The minimum Gasteiger partial charge on any atom is -0.294 e. The number of carbonyl (C=O) groups is 2. The van der Waals surface area contributed by atoms with Gasteiger partial charge in [0.1, 0.15) is 0 Å². The van der Waals surface area contributed by atoms with Crippen LogP contribution >= 0.6 is 11.8 Å². The van der Waals surface area contributed by atoms with Crippen molar-refractivity contribution in [3.8, 4) is 0 Å². The lowest BCUT2D eigenvalue weighted by atomic mass is 10.0. The molecule has 0 spiro atoms. The van der Waals surface area contributed by atoms with Gasteiger partial charge in [-0.05, 0) is 42.8 Å². The average Bonchev–Trinajstić information content (AvgIpc) is 2.80. The number of ketones is 2. The fourth-order valence-corrected chi connectivity index (χ4v) is 4.13. The second kappa shape index (κ2) is 11.5. The van der Waals surface area contributed by atoms with Gasteiger partial charge in [-0.1, -0.05) is 86.8 Å². The van der Waals surface area contributed by atoms with Crippen molar-refractivity contribution in [1.29, 1.82) is 0 Å². The van der Waals surface area contributed by atoms with E-state index in [0.29, 0.717) is 17.5 Å². The van der Waals surface area contributed by atoms with E-state index >= 15 is 0 Å². The summed E-state index contributed by atoms with van der Waals surface area (Å²) in [5.41, 5.74) is 2.17. The van der Waals surface area contributed by atoms with Gasteiger partial charge in [-0.2, -0.15) is 0 Å². The van der Waals surface area contributed by atoms with E-state index in [-0.39, 0.29) is 11.6 Å². The molecule has 0 aromatic heterocycles. The van der Waals surface area contributed by atoms with Crippen LogP contribution in [0.15, 0.2) is 88.7 Å². The molecule has 3 aromatic carbocycles. The first-order valence-corrected chi connectivity index (χ1v) is 11.5. The quantitative estimate of drug-likeness (QED) is 0.238. The van der Waals surface area contributed by atoms with Crippen molar-refractivity contribution in [1.82, 2.24) is 0 Å². The van der Waals surface area contributed by atoms with Gasteiger partial charge in [-0.25, -0.2) is 0 Å². The van der Waals surface area contributed by atoms with Crippen molar-refractivity contribution in [2.45, 2.75) is 55.2 Å². The number of rotatable bonds is 11. The summed E-state index contributed by atoms with van der Waals surface area (Å²) in [6.07, 6.45) is 6.43. The molecule has 0 heterocycles. The summed E-state index contributed by atoms with van der Waals surface area (Å²) in [6.45, 7) is 2.20.